The maximum atomic E-state index is 13.2. The highest BCUT2D eigenvalue weighted by atomic mass is 35.5. The number of H-pyrrole nitrogens is 1. The number of aryl methyl sites for hydroxylation is 1. The van der Waals surface area contributed by atoms with Crippen LogP contribution in [0.3, 0.4) is 0 Å². The van der Waals surface area contributed by atoms with Gasteiger partial charge in [-0.2, -0.15) is 5.10 Å². The van der Waals surface area contributed by atoms with Gasteiger partial charge >= 0.3 is 5.97 Å². The highest BCUT2D eigenvalue weighted by Gasteiger charge is 2.38. The van der Waals surface area contributed by atoms with Crippen LogP contribution in [-0.2, 0) is 24.1 Å². The molecule has 1 saturated heterocycles. The Morgan fingerprint density at radius 3 is 2.55 bits per heavy atom. The standard InChI is InChI=1S/C25H23Cl2N3O3/c26-21-11-17(14-1-3-15(4-2-14)25(32)33)12-22(27)20(21)10-16-7-8-30(24(16)31)19-5-6-23-18(9-19)13-28-29-23/h1-4,11-13,16,19H,5-10H2,(H,28,29)(H,32,33). The minimum atomic E-state index is -0.971. The Morgan fingerprint density at radius 2 is 1.85 bits per heavy atom. The second kappa shape index (κ2) is 8.84. The van der Waals surface area contributed by atoms with Gasteiger partial charge in [0.25, 0.3) is 0 Å². The quantitative estimate of drug-likeness (QED) is 0.532. The molecule has 2 aliphatic rings. The SMILES string of the molecule is O=C(O)c1ccc(-c2cc(Cl)c(CC3CCN(C4CCc5n[nH]cc5C4)C3=O)c(Cl)c2)cc1. The summed E-state index contributed by atoms with van der Waals surface area (Å²) >= 11 is 13.2. The number of hydrogen-bond acceptors (Lipinski definition) is 3. The van der Waals surface area contributed by atoms with Crippen molar-refractivity contribution in [1.82, 2.24) is 15.1 Å². The van der Waals surface area contributed by atoms with E-state index >= 15 is 0 Å². The summed E-state index contributed by atoms with van der Waals surface area (Å²) in [6, 6.07) is 10.5. The Balaban J connectivity index is 1.30. The van der Waals surface area contributed by atoms with Gasteiger partial charge in [-0.1, -0.05) is 35.3 Å². The number of fused-ring (bicyclic) bond motifs is 1. The summed E-state index contributed by atoms with van der Waals surface area (Å²) in [5, 5.41) is 17.3. The topological polar surface area (TPSA) is 86.3 Å². The van der Waals surface area contributed by atoms with Crippen LogP contribution in [0, 0.1) is 5.92 Å². The number of aromatic nitrogens is 2. The highest BCUT2D eigenvalue weighted by Crippen LogP contribution is 2.36. The summed E-state index contributed by atoms with van der Waals surface area (Å²) in [5.41, 5.74) is 4.97. The number of rotatable bonds is 5. The monoisotopic (exact) mass is 483 g/mol. The molecule has 170 valence electrons. The predicted octanol–water partition coefficient (Wildman–Crippen LogP) is 5.03. The molecule has 2 heterocycles. The number of nitrogens with one attached hydrogen (secondary N) is 1. The van der Waals surface area contributed by atoms with Crippen LogP contribution in [0.2, 0.25) is 10.0 Å². The number of aromatic amines is 1. The number of carbonyl (C=O) groups excluding carboxylic acids is 1. The van der Waals surface area contributed by atoms with E-state index in [2.05, 4.69) is 10.2 Å². The summed E-state index contributed by atoms with van der Waals surface area (Å²) in [5.74, 6) is -0.930. The lowest BCUT2D eigenvalue weighted by molar-refractivity contribution is -0.133. The second-order valence-electron chi connectivity index (χ2n) is 8.78. The fourth-order valence-electron chi connectivity index (χ4n) is 4.99. The molecule has 1 aromatic heterocycles. The predicted molar refractivity (Wildman–Crippen MR) is 127 cm³/mol. The minimum Gasteiger partial charge on any atom is -0.478 e. The summed E-state index contributed by atoms with van der Waals surface area (Å²) in [6.45, 7) is 0.755. The third kappa shape index (κ3) is 4.25. The van der Waals surface area contributed by atoms with Crippen LogP contribution in [-0.4, -0.2) is 44.7 Å². The zero-order chi connectivity index (χ0) is 23.1. The third-order valence-electron chi connectivity index (χ3n) is 6.83. The molecule has 1 aliphatic heterocycles. The molecular formula is C25H23Cl2N3O3. The van der Waals surface area contributed by atoms with E-state index in [1.165, 1.54) is 5.56 Å². The van der Waals surface area contributed by atoms with Crippen molar-refractivity contribution < 1.29 is 14.7 Å². The largest absolute Gasteiger partial charge is 0.478 e. The van der Waals surface area contributed by atoms with Crippen molar-refractivity contribution in [1.29, 1.82) is 0 Å². The maximum absolute atomic E-state index is 13.2. The average Bonchev–Trinajstić information content (AvgIpc) is 3.42. The van der Waals surface area contributed by atoms with Gasteiger partial charge in [0.1, 0.15) is 0 Å². The lowest BCUT2D eigenvalue weighted by atomic mass is 9.92. The lowest BCUT2D eigenvalue weighted by Crippen LogP contribution is -2.41. The van der Waals surface area contributed by atoms with Crippen LogP contribution in [0.25, 0.3) is 11.1 Å². The van der Waals surface area contributed by atoms with Crippen LogP contribution >= 0.6 is 23.2 Å². The fraction of sp³-hybridized carbons (Fsp3) is 0.320. The highest BCUT2D eigenvalue weighted by molar-refractivity contribution is 6.36. The maximum Gasteiger partial charge on any atom is 0.335 e. The Kier molecular flexibility index (Phi) is 5.89. The summed E-state index contributed by atoms with van der Waals surface area (Å²) in [6.07, 6.45) is 5.92. The number of nitrogens with zero attached hydrogens (tertiary/aromatic N) is 2. The fourth-order valence-corrected chi connectivity index (χ4v) is 5.63. The molecule has 6 nitrogen and oxygen atoms in total. The summed E-state index contributed by atoms with van der Waals surface area (Å²) < 4.78 is 0. The van der Waals surface area contributed by atoms with Gasteiger partial charge in [0.15, 0.2) is 0 Å². The molecule has 2 N–H and O–H groups in total. The molecule has 1 amide bonds. The average molecular weight is 484 g/mol. The van der Waals surface area contributed by atoms with Crippen LogP contribution in [0.15, 0.2) is 42.6 Å². The first-order valence-corrected chi connectivity index (χ1v) is 11.8. The molecule has 2 unspecified atom stereocenters. The number of carboxylic acids is 1. The van der Waals surface area contributed by atoms with Gasteiger partial charge in [-0.25, -0.2) is 4.79 Å². The number of carboxylic acid groups (broad SMARTS) is 1. The zero-order valence-electron chi connectivity index (χ0n) is 17.9. The van der Waals surface area contributed by atoms with E-state index in [0.717, 1.165) is 54.6 Å². The molecule has 0 radical (unpaired) electrons. The van der Waals surface area contributed by atoms with Gasteiger partial charge in [-0.15, -0.1) is 0 Å². The molecule has 2 atom stereocenters. The summed E-state index contributed by atoms with van der Waals surface area (Å²) in [4.78, 5) is 26.3. The van der Waals surface area contributed by atoms with E-state index in [9.17, 15) is 9.59 Å². The van der Waals surface area contributed by atoms with Gasteiger partial charge in [-0.3, -0.25) is 9.89 Å². The van der Waals surface area contributed by atoms with Crippen molar-refractivity contribution in [3.05, 3.63) is 75.0 Å². The van der Waals surface area contributed by atoms with Gasteiger partial charge in [-0.05, 0) is 78.6 Å². The van der Waals surface area contributed by atoms with E-state index in [0.29, 0.717) is 16.5 Å². The first kappa shape index (κ1) is 22.0. The van der Waals surface area contributed by atoms with Crippen molar-refractivity contribution >= 4 is 35.1 Å². The normalized spacial score (nSPS) is 20.2. The first-order chi connectivity index (χ1) is 15.9. The Bertz CT molecular complexity index is 1200. The number of carbonyl (C=O) groups is 2. The molecule has 0 spiro atoms. The van der Waals surface area contributed by atoms with Gasteiger partial charge in [0.2, 0.25) is 5.91 Å². The van der Waals surface area contributed by atoms with Crippen molar-refractivity contribution in [2.75, 3.05) is 6.54 Å². The van der Waals surface area contributed by atoms with E-state index in [4.69, 9.17) is 28.3 Å². The number of hydrogen-bond donors (Lipinski definition) is 2. The third-order valence-corrected chi connectivity index (χ3v) is 7.50. The zero-order valence-corrected chi connectivity index (χ0v) is 19.4. The molecule has 1 aliphatic carbocycles. The molecule has 3 aromatic rings. The molecule has 33 heavy (non-hydrogen) atoms. The molecular weight excluding hydrogens is 461 g/mol. The summed E-state index contributed by atoms with van der Waals surface area (Å²) in [7, 11) is 0. The smallest absolute Gasteiger partial charge is 0.335 e. The van der Waals surface area contributed by atoms with E-state index < -0.39 is 5.97 Å². The van der Waals surface area contributed by atoms with Gasteiger partial charge < -0.3 is 10.0 Å². The van der Waals surface area contributed by atoms with Crippen molar-refractivity contribution in [3.63, 3.8) is 0 Å². The van der Waals surface area contributed by atoms with Crippen LogP contribution in [0.4, 0.5) is 0 Å². The Labute approximate surface area is 201 Å². The molecule has 1 fully saturated rings. The number of likely N-dealkylation sites (tertiary alicyclic amines) is 1. The number of aromatic carboxylic acids is 1. The van der Waals surface area contributed by atoms with Gasteiger partial charge in [0, 0.05) is 34.7 Å². The van der Waals surface area contributed by atoms with Crippen LogP contribution in [0.5, 0.6) is 0 Å². The minimum absolute atomic E-state index is 0.133. The van der Waals surface area contributed by atoms with E-state index in [1.807, 2.05) is 23.2 Å². The number of benzene rings is 2. The van der Waals surface area contributed by atoms with E-state index in [-0.39, 0.29) is 23.4 Å². The van der Waals surface area contributed by atoms with Crippen molar-refractivity contribution in [3.8, 4) is 11.1 Å². The molecule has 0 saturated carbocycles. The second-order valence-corrected chi connectivity index (χ2v) is 9.59. The molecule has 2 aromatic carbocycles. The van der Waals surface area contributed by atoms with E-state index in [1.54, 1.807) is 24.3 Å². The Morgan fingerprint density at radius 1 is 1.12 bits per heavy atom. The number of amides is 1. The lowest BCUT2D eigenvalue weighted by Gasteiger charge is -2.31. The van der Waals surface area contributed by atoms with Gasteiger partial charge in [0.05, 0.1) is 11.3 Å². The van der Waals surface area contributed by atoms with Crippen LogP contribution < -0.4 is 0 Å². The molecule has 8 heteroatoms. The van der Waals surface area contributed by atoms with Crippen LogP contribution in [0.1, 0.15) is 40.0 Å². The number of halogens is 2. The molecule has 5 rings (SSSR count). The Hall–Kier alpha value is -2.83. The molecule has 0 bridgehead atoms. The van der Waals surface area contributed by atoms with Crippen molar-refractivity contribution in [2.45, 2.75) is 38.1 Å². The van der Waals surface area contributed by atoms with Crippen molar-refractivity contribution in [2.24, 2.45) is 5.92 Å². The first-order valence-electron chi connectivity index (χ1n) is 11.0.